The van der Waals surface area contributed by atoms with E-state index in [-0.39, 0.29) is 65.9 Å². The van der Waals surface area contributed by atoms with Gasteiger partial charge in [0.1, 0.15) is 0 Å². The van der Waals surface area contributed by atoms with Crippen LogP contribution < -0.4 is 65.6 Å². The summed E-state index contributed by atoms with van der Waals surface area (Å²) in [4.78, 5) is 27.3. The maximum Gasteiger partial charge on any atom is 1.00 e. The topological polar surface area (TPSA) is 189 Å². The second-order valence-electron chi connectivity index (χ2n) is 21.8. The van der Waals surface area contributed by atoms with Crippen molar-refractivity contribution >= 4 is 205 Å². The van der Waals surface area contributed by atoms with Crippen molar-refractivity contribution in [1.82, 2.24) is 28.7 Å². The summed E-state index contributed by atoms with van der Waals surface area (Å²) in [5.74, 6) is 0.202. The molecule has 8 aromatic rings. The molecule has 5 heterocycles. The van der Waals surface area contributed by atoms with E-state index in [0.29, 0.717) is 46.8 Å². The van der Waals surface area contributed by atoms with Crippen molar-refractivity contribution in [3.05, 3.63) is 120 Å². The number of nitrogens with one attached hydrogen (secondary N) is 1. The van der Waals surface area contributed by atoms with E-state index < -0.39 is 19.5 Å². The molecule has 2 aliphatic heterocycles. The Morgan fingerprint density at radius 2 is 1.04 bits per heavy atom. The number of carbonyl (C=O) groups excluding carboxylic acids is 1. The minimum Gasteiger partial charge on any atom is -0.857 e. The molecular formula is C62H85BBr4Cl4F2IN9NaO7P. The van der Waals surface area contributed by atoms with Gasteiger partial charge >= 0.3 is 41.9 Å². The van der Waals surface area contributed by atoms with Gasteiger partial charge < -0.3 is 44.4 Å². The minimum absolute atomic E-state index is 0. The Hall–Kier alpha value is -1.98. The van der Waals surface area contributed by atoms with Gasteiger partial charge in [-0.05, 0) is 237 Å². The second kappa shape index (κ2) is 42.8. The molecule has 92 heavy (non-hydrogen) atoms. The Kier molecular flexibility index (Phi) is 39.2. The number of nitrogens with zero attached hydrogens (tertiary/aromatic N) is 7. The number of imidazole rings is 3. The number of aromatic nitrogens is 6. The molecule has 0 saturated carbocycles. The second-order valence-corrected chi connectivity index (χ2v) is 32.4. The molecule has 16 nitrogen and oxygen atoms in total. The van der Waals surface area contributed by atoms with E-state index >= 15 is 0 Å². The van der Waals surface area contributed by atoms with E-state index in [9.17, 15) is 18.1 Å². The number of anilines is 3. The van der Waals surface area contributed by atoms with E-state index in [1.807, 2.05) is 125 Å². The standard InChI is InChI=1S/C17H25BN2O3.C11H13BrN2O.C11H12BrNO.C10H10BrClN2.C9H13BrN2.2CH3F.CH3I.CH3O.Cl3OP.Na/c1-11(2)20-14-10-12(8-9-13(14)19-15(20)21-7)18-22-16(3,4)17(5,6)23-18;1-7(2)14-10-6-8(12)4-5-9(10)13-11(14)15-3;1-7(2)13-10-6-9(12)4-3-8(10)5-11(13)14;1-6(2)14-9-5-7(11)3-4-8(9)13-10(14)12;1-6(2)12-9-5-7(10)3-4-8(9)11;4*1-2;1-5(2,3)4;/h8-11H,1-7H3;4-7H,1-3H3;3-4,6-7H,5H2,1-2H3;3-6H,1-2H3;3-6,12H,11H2,1-2H3;4*1H3;;/q;;;;;;;;-1;;+1/i;;;;;3*1D;;;. The number of alkyl halides is 3. The number of benzene rings is 5. The Balaban J connectivity index is 0.00000111. The van der Waals surface area contributed by atoms with Crippen molar-refractivity contribution in [3.8, 4) is 12.0 Å². The van der Waals surface area contributed by atoms with Crippen molar-refractivity contribution in [2.45, 2.75) is 145 Å². The first-order valence-electron chi connectivity index (χ1n) is 30.0. The van der Waals surface area contributed by atoms with E-state index in [1.54, 1.807) is 14.2 Å². The van der Waals surface area contributed by atoms with Gasteiger partial charge in [-0.15, -0.1) is 0 Å². The molecule has 1 amide bonds. The molecule has 2 aliphatic rings. The smallest absolute Gasteiger partial charge is 0.857 e. The number of nitrogen functional groups attached to an aromatic ring is 1. The molecule has 0 unspecified atom stereocenters. The van der Waals surface area contributed by atoms with Crippen LogP contribution in [0.4, 0.5) is 25.8 Å². The van der Waals surface area contributed by atoms with Crippen LogP contribution >= 0.6 is 137 Å². The average Bonchev–Trinajstić information content (AvgIpc) is 1.62. The number of halogens is 11. The van der Waals surface area contributed by atoms with Gasteiger partial charge in [-0.2, -0.15) is 17.1 Å². The number of ether oxygens (including phenoxy) is 2. The van der Waals surface area contributed by atoms with E-state index in [1.165, 1.54) is 0 Å². The largest absolute Gasteiger partial charge is 1.00 e. The van der Waals surface area contributed by atoms with Crippen molar-refractivity contribution < 1.29 is 75.7 Å². The fraction of sp³-hybridized carbons (Fsp3) is 0.452. The summed E-state index contributed by atoms with van der Waals surface area (Å²) < 4.78 is 80.0. The van der Waals surface area contributed by atoms with Gasteiger partial charge in [-0.1, -0.05) is 98.4 Å². The van der Waals surface area contributed by atoms with Gasteiger partial charge in [0, 0.05) is 55.2 Å². The zero-order valence-electron chi connectivity index (χ0n) is 58.1. The summed E-state index contributed by atoms with van der Waals surface area (Å²) in [6, 6.07) is 32.7. The first kappa shape index (κ1) is 84.3. The zero-order valence-corrected chi connectivity index (χ0v) is 69.5. The third-order valence-electron chi connectivity index (χ3n) is 13.2. The van der Waals surface area contributed by atoms with Crippen LogP contribution in [0.1, 0.15) is 125 Å². The maximum atomic E-state index is 11.7. The van der Waals surface area contributed by atoms with E-state index in [2.05, 4.69) is 222 Å². The molecule has 0 aliphatic carbocycles. The Morgan fingerprint density at radius 1 is 0.674 bits per heavy atom. The van der Waals surface area contributed by atoms with Gasteiger partial charge in [-0.25, -0.2) is 4.98 Å². The molecule has 3 N–H and O–H groups in total. The van der Waals surface area contributed by atoms with Crippen molar-refractivity contribution in [2.24, 2.45) is 0 Å². The van der Waals surface area contributed by atoms with Crippen LogP contribution in [-0.2, 0) is 25.1 Å². The number of hydrogen-bond acceptors (Lipinski definition) is 12. The third-order valence-corrected chi connectivity index (χ3v) is 15.5. The average molecular weight is 1760 g/mol. The van der Waals surface area contributed by atoms with E-state index in [4.69, 9.17) is 45.3 Å². The Morgan fingerprint density at radius 3 is 1.46 bits per heavy atom. The van der Waals surface area contributed by atoms with Crippen molar-refractivity contribution in [1.29, 1.82) is 0 Å². The minimum atomic E-state index is -3.22. The van der Waals surface area contributed by atoms with Gasteiger partial charge in [0.25, 0.3) is 12.0 Å². The molecule has 506 valence electrons. The van der Waals surface area contributed by atoms with Crippen molar-refractivity contribution in [2.75, 3.05) is 56.5 Å². The number of carbonyl (C=O) groups is 1. The summed E-state index contributed by atoms with van der Waals surface area (Å²) >= 11 is 35.6. The van der Waals surface area contributed by atoms with Crippen LogP contribution in [0.2, 0.25) is 5.28 Å². The Bertz CT molecular complexity index is 3660. The molecule has 0 atom stereocenters. The molecule has 1 saturated heterocycles. The predicted octanol–water partition coefficient (Wildman–Crippen LogP) is 17.0. The molecule has 3 aromatic heterocycles. The normalized spacial score (nSPS) is 13.5. The molecule has 0 radical (unpaired) electrons. The fourth-order valence-corrected chi connectivity index (χ4v) is 10.7. The molecule has 30 heteroatoms. The summed E-state index contributed by atoms with van der Waals surface area (Å²) in [6.45, 7) is 29.1. The van der Waals surface area contributed by atoms with Crippen molar-refractivity contribution in [3.63, 3.8) is 0 Å². The van der Waals surface area contributed by atoms with Crippen LogP contribution in [0.25, 0.3) is 33.1 Å². The summed E-state index contributed by atoms with van der Waals surface area (Å²) in [5.41, 5.74) is 16.0. The third kappa shape index (κ3) is 26.7. The molecule has 0 bridgehead atoms. The van der Waals surface area contributed by atoms with Crippen LogP contribution in [-0.4, -0.2) is 106 Å². The molecular weight excluding hydrogens is 1670 g/mol. The van der Waals surface area contributed by atoms with Crippen LogP contribution in [0, 0.1) is 0 Å². The number of amides is 1. The zero-order chi connectivity index (χ0) is 72.3. The van der Waals surface area contributed by atoms with Crippen LogP contribution in [0.15, 0.2) is 109 Å². The number of rotatable bonds is 9. The van der Waals surface area contributed by atoms with Gasteiger partial charge in [0.2, 0.25) is 11.2 Å². The molecule has 0 spiro atoms. The first-order valence-corrected chi connectivity index (χ1v) is 37.4. The van der Waals surface area contributed by atoms with Crippen LogP contribution in [0.5, 0.6) is 12.0 Å². The number of nitrogens with two attached hydrogens (primary N) is 1. The number of methoxy groups -OCH3 is 2. The Labute approximate surface area is 636 Å². The quantitative estimate of drug-likeness (QED) is 0.0458. The molecule has 5 aromatic carbocycles. The molecule has 10 rings (SSSR count). The maximum absolute atomic E-state index is 11.7. The predicted molar refractivity (Wildman–Crippen MR) is 402 cm³/mol. The molecule has 1 fully saturated rings. The first-order chi connectivity index (χ1) is 43.8. The summed E-state index contributed by atoms with van der Waals surface area (Å²) in [5, 5.41) is 8.84. The van der Waals surface area contributed by atoms with Gasteiger partial charge in [0.15, 0.2) is 0 Å². The summed E-state index contributed by atoms with van der Waals surface area (Å²) in [7, 11) is 1.68. The SMILES string of the molecule is CC(C)N1C(=O)Cc2ccc(Br)cc21.CC(C)Nc1cc(Br)ccc1N.CC(C)n1c(Cl)nc2ccc(Br)cc21.COc1nc2ccc(B3OC(C)(C)C(C)(C)O3)cc2n1C(C)C.COc1nc2ccc(Br)cc2n1C(C)C.C[O-].O=P(Cl)(Cl)Cl.[2H]CF.[2H]CF.[2H]CI.[Na+]. The summed E-state index contributed by atoms with van der Waals surface area (Å²) in [6.07, 6.45) is 0.542. The fourth-order valence-electron chi connectivity index (χ4n) is 8.90. The monoisotopic (exact) mass is 1760 g/mol. The number of fused-ring (bicyclic) bond motifs is 4. The van der Waals surface area contributed by atoms with Gasteiger partial charge in [0.05, 0.1) is 93.4 Å². The number of hydrogen-bond donors (Lipinski definition) is 2. The van der Waals surface area contributed by atoms with Crippen LogP contribution in [0.3, 0.4) is 0 Å². The van der Waals surface area contributed by atoms with Gasteiger partial charge in [-0.3, -0.25) is 27.3 Å². The van der Waals surface area contributed by atoms with E-state index in [0.717, 1.165) is 86.2 Å².